The molecule has 1 rings (SSSR count). The van der Waals surface area contributed by atoms with E-state index in [1.54, 1.807) is 14.2 Å². The van der Waals surface area contributed by atoms with Crippen LogP contribution in [0.1, 0.15) is 32.1 Å². The molecule has 0 bridgehead atoms. The fourth-order valence-corrected chi connectivity index (χ4v) is 2.81. The number of carbonyl (C=O) groups is 1. The maximum absolute atomic E-state index is 11.1. The first-order valence-electron chi connectivity index (χ1n) is 8.48. The Bertz CT molecular complexity index is 363. The first-order valence-corrected chi connectivity index (χ1v) is 8.48. The number of unbranched alkanes of at least 4 members (excludes halogenated alkanes) is 1. The van der Waals surface area contributed by atoms with E-state index in [2.05, 4.69) is 15.2 Å². The molecule has 1 unspecified atom stereocenters. The first kappa shape index (κ1) is 19.7. The van der Waals surface area contributed by atoms with Crippen molar-refractivity contribution in [3.8, 4) is 0 Å². The van der Waals surface area contributed by atoms with Gasteiger partial charge in [0.15, 0.2) is 5.96 Å². The number of primary amides is 1. The van der Waals surface area contributed by atoms with Gasteiger partial charge < -0.3 is 25.4 Å². The molecule has 3 N–H and O–H groups in total. The second kappa shape index (κ2) is 12.1. The van der Waals surface area contributed by atoms with Crippen LogP contribution < -0.4 is 11.1 Å². The van der Waals surface area contributed by atoms with E-state index in [4.69, 9.17) is 15.2 Å². The molecule has 0 aromatic heterocycles. The smallest absolute Gasteiger partial charge is 0.217 e. The minimum absolute atomic E-state index is 0.215. The van der Waals surface area contributed by atoms with E-state index in [0.717, 1.165) is 57.9 Å². The number of likely N-dealkylation sites (tertiary alicyclic amines) is 1. The number of ether oxygens (including phenoxy) is 2. The second-order valence-electron chi connectivity index (χ2n) is 5.91. The lowest BCUT2D eigenvalue weighted by Crippen LogP contribution is -2.47. The molecule has 0 aromatic rings. The van der Waals surface area contributed by atoms with Gasteiger partial charge in [0.1, 0.15) is 0 Å². The highest BCUT2D eigenvalue weighted by Gasteiger charge is 2.23. The zero-order valence-corrected chi connectivity index (χ0v) is 14.6. The van der Waals surface area contributed by atoms with Crippen LogP contribution in [0.15, 0.2) is 4.99 Å². The molecule has 1 fully saturated rings. The van der Waals surface area contributed by atoms with Crippen LogP contribution in [0.5, 0.6) is 0 Å². The number of carbonyl (C=O) groups excluding carboxylic acids is 1. The molecule has 1 amide bonds. The van der Waals surface area contributed by atoms with Gasteiger partial charge in [-0.25, -0.2) is 0 Å². The summed E-state index contributed by atoms with van der Waals surface area (Å²) in [5.41, 5.74) is 5.31. The number of methoxy groups -OCH3 is 1. The fraction of sp³-hybridized carbons (Fsp3) is 0.875. The average Bonchev–Trinajstić information content (AvgIpc) is 2.53. The maximum atomic E-state index is 11.1. The first-order chi connectivity index (χ1) is 11.2. The molecule has 0 spiro atoms. The van der Waals surface area contributed by atoms with Gasteiger partial charge in [-0.3, -0.25) is 9.79 Å². The number of amides is 1. The summed E-state index contributed by atoms with van der Waals surface area (Å²) in [7, 11) is 3.47. The lowest BCUT2D eigenvalue weighted by atomic mass is 9.95. The van der Waals surface area contributed by atoms with E-state index >= 15 is 0 Å². The number of nitrogens with one attached hydrogen (secondary N) is 1. The predicted molar refractivity (Wildman–Crippen MR) is 91.4 cm³/mol. The number of guanidine groups is 1. The molecule has 134 valence electrons. The summed E-state index contributed by atoms with van der Waals surface area (Å²) >= 11 is 0. The third kappa shape index (κ3) is 8.76. The minimum atomic E-state index is -0.215. The van der Waals surface area contributed by atoms with E-state index < -0.39 is 0 Å². The Kier molecular flexibility index (Phi) is 10.4. The molecule has 7 heteroatoms. The van der Waals surface area contributed by atoms with Crippen molar-refractivity contribution in [2.75, 3.05) is 53.6 Å². The van der Waals surface area contributed by atoms with Crippen molar-refractivity contribution < 1.29 is 14.3 Å². The largest absolute Gasteiger partial charge is 0.382 e. The highest BCUT2D eigenvalue weighted by Crippen LogP contribution is 2.19. The summed E-state index contributed by atoms with van der Waals surface area (Å²) in [6.07, 6.45) is 4.65. The van der Waals surface area contributed by atoms with Gasteiger partial charge in [0.25, 0.3) is 0 Å². The van der Waals surface area contributed by atoms with Crippen LogP contribution in [0.25, 0.3) is 0 Å². The van der Waals surface area contributed by atoms with E-state index in [9.17, 15) is 4.79 Å². The number of rotatable bonds is 10. The van der Waals surface area contributed by atoms with Crippen LogP contribution in [0, 0.1) is 5.92 Å². The van der Waals surface area contributed by atoms with Crippen molar-refractivity contribution in [3.63, 3.8) is 0 Å². The molecule has 0 aliphatic carbocycles. The predicted octanol–water partition coefficient (Wildman–Crippen LogP) is 0.592. The molecule has 1 heterocycles. The number of aliphatic imine (C=N–C) groups is 1. The van der Waals surface area contributed by atoms with Crippen LogP contribution in [-0.2, 0) is 14.3 Å². The monoisotopic (exact) mass is 328 g/mol. The van der Waals surface area contributed by atoms with Crippen LogP contribution in [-0.4, -0.2) is 70.4 Å². The van der Waals surface area contributed by atoms with E-state index in [1.807, 2.05) is 0 Å². The van der Waals surface area contributed by atoms with Crippen LogP contribution in [0.3, 0.4) is 0 Å². The third-order valence-electron chi connectivity index (χ3n) is 3.95. The molecule has 1 atom stereocenters. The molecule has 7 nitrogen and oxygen atoms in total. The molecule has 0 saturated carbocycles. The van der Waals surface area contributed by atoms with Crippen LogP contribution in [0.2, 0.25) is 0 Å². The molecular weight excluding hydrogens is 296 g/mol. The summed E-state index contributed by atoms with van der Waals surface area (Å²) in [5.74, 6) is 1.04. The Morgan fingerprint density at radius 1 is 1.35 bits per heavy atom. The maximum Gasteiger partial charge on any atom is 0.217 e. The van der Waals surface area contributed by atoms with Gasteiger partial charge in [-0.15, -0.1) is 0 Å². The van der Waals surface area contributed by atoms with Crippen molar-refractivity contribution in [1.82, 2.24) is 10.2 Å². The van der Waals surface area contributed by atoms with Gasteiger partial charge in [0.05, 0.1) is 13.2 Å². The topological polar surface area (TPSA) is 89.2 Å². The molecule has 1 aliphatic rings. The lowest BCUT2D eigenvalue weighted by molar-refractivity contribution is -0.119. The third-order valence-corrected chi connectivity index (χ3v) is 3.95. The molecular formula is C16H32N4O3. The van der Waals surface area contributed by atoms with E-state index in [0.29, 0.717) is 25.6 Å². The number of piperidine rings is 1. The minimum Gasteiger partial charge on any atom is -0.382 e. The van der Waals surface area contributed by atoms with Crippen LogP contribution >= 0.6 is 0 Å². The van der Waals surface area contributed by atoms with E-state index in [-0.39, 0.29) is 5.91 Å². The Hall–Kier alpha value is -1.34. The number of hydrogen-bond acceptors (Lipinski definition) is 4. The molecule has 1 aliphatic heterocycles. The van der Waals surface area contributed by atoms with Gasteiger partial charge in [-0.1, -0.05) is 0 Å². The lowest BCUT2D eigenvalue weighted by Gasteiger charge is -2.34. The van der Waals surface area contributed by atoms with Crippen molar-refractivity contribution in [2.24, 2.45) is 16.6 Å². The zero-order chi connectivity index (χ0) is 16.9. The molecule has 1 saturated heterocycles. The van der Waals surface area contributed by atoms with Gasteiger partial charge in [0.2, 0.25) is 5.91 Å². The summed E-state index contributed by atoms with van der Waals surface area (Å²) < 4.78 is 10.4. The highest BCUT2D eigenvalue weighted by molar-refractivity contribution is 5.80. The number of nitrogens with two attached hydrogens (primary N) is 1. The number of nitrogens with zero attached hydrogens (tertiary/aromatic N) is 2. The Morgan fingerprint density at radius 3 is 2.87 bits per heavy atom. The Labute approximate surface area is 139 Å². The van der Waals surface area contributed by atoms with Gasteiger partial charge in [-0.2, -0.15) is 0 Å². The van der Waals surface area contributed by atoms with Gasteiger partial charge in [0, 0.05) is 46.8 Å². The standard InChI is InChI=1S/C16H32N4O3/c1-18-16(19-7-3-4-9-23-11-10-22-2)20-8-5-6-14(13-20)12-15(17)21/h14H,3-13H2,1-2H3,(H2,17,21)(H,18,19). The molecule has 0 radical (unpaired) electrons. The molecule has 23 heavy (non-hydrogen) atoms. The average molecular weight is 328 g/mol. The van der Waals surface area contributed by atoms with Gasteiger partial charge in [-0.05, 0) is 31.6 Å². The second-order valence-corrected chi connectivity index (χ2v) is 5.91. The quantitative estimate of drug-likeness (QED) is 0.348. The van der Waals surface area contributed by atoms with Crippen LogP contribution in [0.4, 0.5) is 0 Å². The fourth-order valence-electron chi connectivity index (χ4n) is 2.81. The number of hydrogen-bond donors (Lipinski definition) is 2. The van der Waals surface area contributed by atoms with Crippen molar-refractivity contribution in [2.45, 2.75) is 32.1 Å². The SMILES string of the molecule is CN=C(NCCCCOCCOC)N1CCCC(CC(N)=O)C1. The Morgan fingerprint density at radius 2 is 2.17 bits per heavy atom. The molecule has 0 aromatic carbocycles. The zero-order valence-electron chi connectivity index (χ0n) is 14.6. The van der Waals surface area contributed by atoms with Gasteiger partial charge >= 0.3 is 0 Å². The highest BCUT2D eigenvalue weighted by atomic mass is 16.5. The Balaban J connectivity index is 2.19. The normalized spacial score (nSPS) is 19.0. The summed E-state index contributed by atoms with van der Waals surface area (Å²) in [4.78, 5) is 17.7. The van der Waals surface area contributed by atoms with Crippen molar-refractivity contribution in [1.29, 1.82) is 0 Å². The summed E-state index contributed by atoms with van der Waals surface area (Å²) in [6.45, 7) is 4.76. The summed E-state index contributed by atoms with van der Waals surface area (Å²) in [6, 6.07) is 0. The van der Waals surface area contributed by atoms with Crippen molar-refractivity contribution in [3.05, 3.63) is 0 Å². The van der Waals surface area contributed by atoms with E-state index in [1.165, 1.54) is 0 Å². The van der Waals surface area contributed by atoms with Crippen molar-refractivity contribution >= 4 is 11.9 Å². The summed E-state index contributed by atoms with van der Waals surface area (Å²) in [5, 5.41) is 3.39.